The van der Waals surface area contributed by atoms with Gasteiger partial charge in [0.2, 0.25) is 0 Å². The summed E-state index contributed by atoms with van der Waals surface area (Å²) in [4.78, 5) is 14.8. The number of carbonyl (C=O) groups is 1. The molecule has 3 aromatic rings. The summed E-state index contributed by atoms with van der Waals surface area (Å²) in [6.07, 6.45) is 3.28. The summed E-state index contributed by atoms with van der Waals surface area (Å²) in [6.45, 7) is 3.58. The zero-order valence-electron chi connectivity index (χ0n) is 14.4. The molecule has 4 N–H and O–H groups in total. The van der Waals surface area contributed by atoms with E-state index in [-0.39, 0.29) is 0 Å². The number of rotatable bonds is 5. The molecule has 0 aliphatic heterocycles. The minimum atomic E-state index is -3.54. The van der Waals surface area contributed by atoms with E-state index in [1.165, 1.54) is 6.08 Å². The molecule has 0 bridgehead atoms. The Bertz CT molecular complexity index is 1130. The predicted molar refractivity (Wildman–Crippen MR) is 104 cm³/mol. The average Bonchev–Trinajstić information content (AvgIpc) is 2.96. The highest BCUT2D eigenvalue weighted by Gasteiger charge is 2.15. The first-order chi connectivity index (χ1) is 12.3. The van der Waals surface area contributed by atoms with Crippen molar-refractivity contribution < 1.29 is 13.2 Å². The Kier molecular flexibility index (Phi) is 4.56. The number of hydrogen-bond acceptors (Lipinski definition) is 3. The molecule has 7 heteroatoms. The van der Waals surface area contributed by atoms with Crippen LogP contribution in [0.2, 0.25) is 0 Å². The van der Waals surface area contributed by atoms with Gasteiger partial charge in [-0.25, -0.2) is 8.42 Å². The minimum Gasteiger partial charge on any atom is -0.366 e. The summed E-state index contributed by atoms with van der Waals surface area (Å²) in [6, 6.07) is 10.6. The van der Waals surface area contributed by atoms with Crippen molar-refractivity contribution in [3.63, 3.8) is 0 Å². The number of sulfonamides is 1. The quantitative estimate of drug-likeness (QED) is 0.641. The van der Waals surface area contributed by atoms with Gasteiger partial charge in [0.15, 0.2) is 0 Å². The van der Waals surface area contributed by atoms with Crippen LogP contribution in [0.1, 0.15) is 22.8 Å². The van der Waals surface area contributed by atoms with Crippen LogP contribution in [0.15, 0.2) is 54.1 Å². The van der Waals surface area contributed by atoms with Crippen LogP contribution in [0.3, 0.4) is 0 Å². The van der Waals surface area contributed by atoms with Crippen LogP contribution in [0, 0.1) is 6.92 Å². The summed E-state index contributed by atoms with van der Waals surface area (Å²) in [7, 11) is -3.54. The van der Waals surface area contributed by atoms with Crippen molar-refractivity contribution in [1.82, 2.24) is 4.98 Å². The van der Waals surface area contributed by atoms with E-state index >= 15 is 0 Å². The number of amides is 1. The topological polar surface area (TPSA) is 105 Å². The van der Waals surface area contributed by atoms with E-state index in [0.29, 0.717) is 16.8 Å². The lowest BCUT2D eigenvalue weighted by atomic mass is 9.96. The number of nitrogens with two attached hydrogens (primary N) is 1. The van der Waals surface area contributed by atoms with Crippen LogP contribution in [0.25, 0.3) is 22.0 Å². The molecule has 1 aromatic heterocycles. The van der Waals surface area contributed by atoms with Crippen molar-refractivity contribution in [2.24, 2.45) is 5.73 Å². The van der Waals surface area contributed by atoms with Crippen LogP contribution in [-0.4, -0.2) is 19.3 Å². The van der Waals surface area contributed by atoms with Crippen LogP contribution in [0.4, 0.5) is 5.69 Å². The number of hydrogen-bond donors (Lipinski definition) is 3. The van der Waals surface area contributed by atoms with Crippen LogP contribution in [-0.2, 0) is 10.0 Å². The van der Waals surface area contributed by atoms with Gasteiger partial charge in [-0.15, -0.1) is 0 Å². The van der Waals surface area contributed by atoms with E-state index in [4.69, 9.17) is 5.73 Å². The molecule has 1 amide bonds. The summed E-state index contributed by atoms with van der Waals surface area (Å²) in [5.41, 5.74) is 9.69. The molecule has 0 saturated carbocycles. The van der Waals surface area contributed by atoms with Gasteiger partial charge in [-0.1, -0.05) is 24.3 Å². The third kappa shape index (κ3) is 3.34. The molecule has 0 fully saturated rings. The molecular weight excluding hydrogens is 350 g/mol. The van der Waals surface area contributed by atoms with E-state index in [0.717, 1.165) is 27.5 Å². The molecule has 0 aliphatic carbocycles. The average molecular weight is 369 g/mol. The second-order valence-electron chi connectivity index (χ2n) is 5.94. The first kappa shape index (κ1) is 17.8. The number of benzene rings is 2. The fourth-order valence-electron chi connectivity index (χ4n) is 2.99. The maximum absolute atomic E-state index is 11.9. The second-order valence-corrected chi connectivity index (χ2v) is 7.51. The molecule has 6 nitrogen and oxygen atoms in total. The molecule has 0 aliphatic rings. The van der Waals surface area contributed by atoms with Gasteiger partial charge in [-0.2, -0.15) is 0 Å². The Morgan fingerprint density at radius 3 is 2.69 bits per heavy atom. The van der Waals surface area contributed by atoms with E-state index < -0.39 is 15.9 Å². The zero-order valence-corrected chi connectivity index (χ0v) is 15.2. The number of aromatic amines is 1. The fraction of sp³-hybridized carbons (Fsp3) is 0.105. The molecular formula is C19H19N3O3S. The molecule has 3 rings (SSSR count). The summed E-state index contributed by atoms with van der Waals surface area (Å²) in [5, 5.41) is 1.99. The van der Waals surface area contributed by atoms with Crippen molar-refractivity contribution in [3.8, 4) is 11.1 Å². The smallest absolute Gasteiger partial charge is 0.254 e. The standard InChI is InChI=1S/C19H19N3O3S/c1-3-9-26(24,25)22-14-6-4-5-13(10-14)15-7-8-16(19(20)23)18-17(15)12(2)11-21-18/h3-11,21-22H,1-2H3,(H2,20,23). The molecule has 0 atom stereocenters. The lowest BCUT2D eigenvalue weighted by Gasteiger charge is -2.10. The molecule has 1 heterocycles. The molecule has 0 radical (unpaired) electrons. The Balaban J connectivity index is 2.14. The SMILES string of the molecule is CC=CS(=O)(=O)Nc1cccc(-c2ccc(C(N)=O)c3[nH]cc(C)c23)c1. The number of nitrogens with one attached hydrogen (secondary N) is 2. The Hall–Kier alpha value is -3.06. The zero-order chi connectivity index (χ0) is 18.9. The lowest BCUT2D eigenvalue weighted by Crippen LogP contribution is -2.11. The highest BCUT2D eigenvalue weighted by atomic mass is 32.2. The van der Waals surface area contributed by atoms with Gasteiger partial charge in [0.1, 0.15) is 0 Å². The first-order valence-corrected chi connectivity index (χ1v) is 9.53. The summed E-state index contributed by atoms with van der Waals surface area (Å²) >= 11 is 0. The predicted octanol–water partition coefficient (Wildman–Crippen LogP) is 3.52. The molecule has 26 heavy (non-hydrogen) atoms. The number of carbonyl (C=O) groups excluding carboxylic acids is 1. The summed E-state index contributed by atoms with van der Waals surface area (Å²) < 4.78 is 26.4. The highest BCUT2D eigenvalue weighted by Crippen LogP contribution is 2.34. The lowest BCUT2D eigenvalue weighted by molar-refractivity contribution is 0.100. The van der Waals surface area contributed by atoms with Crippen molar-refractivity contribution in [3.05, 3.63) is 65.2 Å². The third-order valence-electron chi connectivity index (χ3n) is 4.05. The number of allylic oxidation sites excluding steroid dienone is 1. The number of aryl methyl sites for hydroxylation is 1. The monoisotopic (exact) mass is 369 g/mol. The van der Waals surface area contributed by atoms with Gasteiger partial charge < -0.3 is 10.7 Å². The number of anilines is 1. The van der Waals surface area contributed by atoms with Gasteiger partial charge in [0, 0.05) is 22.7 Å². The van der Waals surface area contributed by atoms with Crippen molar-refractivity contribution in [2.75, 3.05) is 4.72 Å². The Labute approximate surface area is 151 Å². The van der Waals surface area contributed by atoms with Crippen molar-refractivity contribution in [1.29, 1.82) is 0 Å². The molecule has 0 unspecified atom stereocenters. The maximum atomic E-state index is 11.9. The van der Waals surface area contributed by atoms with E-state index in [2.05, 4.69) is 9.71 Å². The van der Waals surface area contributed by atoms with E-state index in [1.54, 1.807) is 31.2 Å². The normalized spacial score (nSPS) is 11.9. The number of aromatic nitrogens is 1. The van der Waals surface area contributed by atoms with Gasteiger partial charge in [-0.3, -0.25) is 9.52 Å². The number of fused-ring (bicyclic) bond motifs is 1. The van der Waals surface area contributed by atoms with Crippen molar-refractivity contribution >= 4 is 32.5 Å². The fourth-order valence-corrected chi connectivity index (χ4v) is 3.87. The van der Waals surface area contributed by atoms with Crippen LogP contribution >= 0.6 is 0 Å². The highest BCUT2D eigenvalue weighted by molar-refractivity contribution is 7.95. The van der Waals surface area contributed by atoms with Crippen LogP contribution < -0.4 is 10.5 Å². The van der Waals surface area contributed by atoms with Crippen molar-refractivity contribution in [2.45, 2.75) is 13.8 Å². The molecule has 0 saturated heterocycles. The molecule has 134 valence electrons. The minimum absolute atomic E-state index is 0.418. The van der Waals surface area contributed by atoms with Gasteiger partial charge in [0.25, 0.3) is 15.9 Å². The second kappa shape index (κ2) is 6.68. The largest absolute Gasteiger partial charge is 0.366 e. The Morgan fingerprint density at radius 2 is 2.00 bits per heavy atom. The third-order valence-corrected chi connectivity index (χ3v) is 5.20. The van der Waals surface area contributed by atoms with Crippen LogP contribution in [0.5, 0.6) is 0 Å². The number of primary amides is 1. The Morgan fingerprint density at radius 1 is 1.23 bits per heavy atom. The van der Waals surface area contributed by atoms with Gasteiger partial charge in [-0.05, 0) is 48.7 Å². The maximum Gasteiger partial charge on any atom is 0.254 e. The molecule has 2 aromatic carbocycles. The van der Waals surface area contributed by atoms with E-state index in [1.807, 2.05) is 25.3 Å². The molecule has 0 spiro atoms. The van der Waals surface area contributed by atoms with Gasteiger partial charge >= 0.3 is 0 Å². The summed E-state index contributed by atoms with van der Waals surface area (Å²) in [5.74, 6) is -0.503. The first-order valence-electron chi connectivity index (χ1n) is 7.99. The number of H-pyrrole nitrogens is 1. The van der Waals surface area contributed by atoms with E-state index in [9.17, 15) is 13.2 Å². The van der Waals surface area contributed by atoms with Gasteiger partial charge in [0.05, 0.1) is 11.1 Å².